The van der Waals surface area contributed by atoms with Crippen molar-refractivity contribution in [3.63, 3.8) is 0 Å². The van der Waals surface area contributed by atoms with Gasteiger partial charge in [0.15, 0.2) is 0 Å². The Balaban J connectivity index is 2.24. The molecule has 2 aromatic rings. The van der Waals surface area contributed by atoms with Gasteiger partial charge in [-0.25, -0.2) is 4.39 Å². The first-order valence-electron chi connectivity index (χ1n) is 6.45. The number of pyridine rings is 1. The van der Waals surface area contributed by atoms with E-state index in [-0.39, 0.29) is 11.9 Å². The molecule has 1 aromatic carbocycles. The van der Waals surface area contributed by atoms with Crippen molar-refractivity contribution in [3.05, 3.63) is 64.7 Å². The van der Waals surface area contributed by atoms with Gasteiger partial charge in [0.25, 0.3) is 0 Å². The molecule has 0 bridgehead atoms. The average molecular weight is 258 g/mol. The molecule has 1 heterocycles. The fourth-order valence-corrected chi connectivity index (χ4v) is 2.16. The number of nitrogens with zero attached hydrogens (tertiary/aromatic N) is 1. The third-order valence-corrected chi connectivity index (χ3v) is 3.48. The van der Waals surface area contributed by atoms with Gasteiger partial charge in [-0.2, -0.15) is 0 Å². The summed E-state index contributed by atoms with van der Waals surface area (Å²) in [5, 5.41) is 3.14. The highest BCUT2D eigenvalue weighted by Crippen LogP contribution is 2.20. The number of benzene rings is 1. The summed E-state index contributed by atoms with van der Waals surface area (Å²) in [7, 11) is 1.83. The Morgan fingerprint density at radius 2 is 2.00 bits per heavy atom. The maximum absolute atomic E-state index is 13.8. The van der Waals surface area contributed by atoms with Crippen LogP contribution in [0.4, 0.5) is 4.39 Å². The predicted octanol–water partition coefficient (Wildman–Crippen LogP) is 3.34. The van der Waals surface area contributed by atoms with Gasteiger partial charge in [0, 0.05) is 6.20 Å². The van der Waals surface area contributed by atoms with Crippen LogP contribution in [0.2, 0.25) is 0 Å². The van der Waals surface area contributed by atoms with Crippen molar-refractivity contribution in [2.45, 2.75) is 26.3 Å². The van der Waals surface area contributed by atoms with E-state index in [1.54, 1.807) is 12.3 Å². The number of likely N-dealkylation sites (N-methyl/N-ethyl adjacent to an activating group) is 1. The minimum Gasteiger partial charge on any atom is -0.311 e. The van der Waals surface area contributed by atoms with Crippen molar-refractivity contribution in [3.8, 4) is 0 Å². The Morgan fingerprint density at radius 1 is 1.21 bits per heavy atom. The standard InChI is InChI=1S/C16H19FN2/c1-11-6-7-13(9-12(11)2)10-15(18-3)16-14(17)5-4-8-19-16/h4-9,15,18H,10H2,1-3H3. The van der Waals surface area contributed by atoms with Gasteiger partial charge in [-0.1, -0.05) is 18.2 Å². The molecule has 1 unspecified atom stereocenters. The van der Waals surface area contributed by atoms with Crippen molar-refractivity contribution in [1.82, 2.24) is 10.3 Å². The van der Waals surface area contributed by atoms with E-state index < -0.39 is 0 Å². The van der Waals surface area contributed by atoms with Crippen molar-refractivity contribution in [1.29, 1.82) is 0 Å². The summed E-state index contributed by atoms with van der Waals surface area (Å²) in [6.07, 6.45) is 2.36. The van der Waals surface area contributed by atoms with Crippen LogP contribution in [0.15, 0.2) is 36.5 Å². The third-order valence-electron chi connectivity index (χ3n) is 3.48. The highest BCUT2D eigenvalue weighted by molar-refractivity contribution is 5.31. The van der Waals surface area contributed by atoms with E-state index in [2.05, 4.69) is 42.3 Å². The van der Waals surface area contributed by atoms with Crippen LogP contribution in [0, 0.1) is 19.7 Å². The zero-order valence-corrected chi connectivity index (χ0v) is 11.6. The van der Waals surface area contributed by atoms with E-state index in [4.69, 9.17) is 0 Å². The summed E-state index contributed by atoms with van der Waals surface area (Å²) in [6.45, 7) is 4.18. The molecule has 3 heteroatoms. The quantitative estimate of drug-likeness (QED) is 0.909. The molecular weight excluding hydrogens is 239 g/mol. The molecule has 0 saturated heterocycles. The zero-order valence-electron chi connectivity index (χ0n) is 11.6. The van der Waals surface area contributed by atoms with Crippen LogP contribution in [0.1, 0.15) is 28.4 Å². The molecule has 0 aliphatic rings. The summed E-state index contributed by atoms with van der Waals surface area (Å²) in [5.41, 5.74) is 4.19. The minimum atomic E-state index is -0.259. The van der Waals surface area contributed by atoms with Crippen LogP contribution in [-0.4, -0.2) is 12.0 Å². The Hall–Kier alpha value is -1.74. The van der Waals surface area contributed by atoms with Gasteiger partial charge in [0.1, 0.15) is 5.82 Å². The maximum Gasteiger partial charge on any atom is 0.146 e. The first-order valence-corrected chi connectivity index (χ1v) is 6.45. The molecule has 1 atom stereocenters. The molecule has 2 nitrogen and oxygen atoms in total. The van der Waals surface area contributed by atoms with Gasteiger partial charge < -0.3 is 5.32 Å². The zero-order chi connectivity index (χ0) is 13.8. The monoisotopic (exact) mass is 258 g/mol. The van der Waals surface area contributed by atoms with Crippen LogP contribution in [0.3, 0.4) is 0 Å². The molecule has 100 valence electrons. The summed E-state index contributed by atoms with van der Waals surface area (Å²) < 4.78 is 13.8. The Labute approximate surface area is 113 Å². The van der Waals surface area contributed by atoms with Crippen LogP contribution in [0.5, 0.6) is 0 Å². The number of hydrogen-bond acceptors (Lipinski definition) is 2. The van der Waals surface area contributed by atoms with Crippen molar-refractivity contribution >= 4 is 0 Å². The predicted molar refractivity (Wildman–Crippen MR) is 75.6 cm³/mol. The van der Waals surface area contributed by atoms with E-state index >= 15 is 0 Å². The number of nitrogens with one attached hydrogen (secondary N) is 1. The fourth-order valence-electron chi connectivity index (χ4n) is 2.16. The van der Waals surface area contributed by atoms with Gasteiger partial charge in [-0.3, -0.25) is 4.98 Å². The van der Waals surface area contributed by atoms with Gasteiger partial charge in [-0.05, 0) is 56.1 Å². The van der Waals surface area contributed by atoms with E-state index in [9.17, 15) is 4.39 Å². The van der Waals surface area contributed by atoms with E-state index in [0.717, 1.165) is 6.42 Å². The molecule has 0 aliphatic carbocycles. The molecule has 0 fully saturated rings. The summed E-state index contributed by atoms with van der Waals surface area (Å²) in [6, 6.07) is 9.30. The van der Waals surface area contributed by atoms with Gasteiger partial charge >= 0.3 is 0 Å². The fraction of sp³-hybridized carbons (Fsp3) is 0.312. The number of halogens is 1. The largest absolute Gasteiger partial charge is 0.311 e. The molecule has 0 amide bonds. The topological polar surface area (TPSA) is 24.9 Å². The van der Waals surface area contributed by atoms with E-state index in [1.807, 2.05) is 7.05 Å². The second kappa shape index (κ2) is 5.93. The minimum absolute atomic E-state index is 0.108. The molecule has 1 aromatic heterocycles. The lowest BCUT2D eigenvalue weighted by Crippen LogP contribution is -2.21. The van der Waals surface area contributed by atoms with Crippen LogP contribution >= 0.6 is 0 Å². The maximum atomic E-state index is 13.8. The lowest BCUT2D eigenvalue weighted by atomic mass is 9.99. The van der Waals surface area contributed by atoms with Crippen LogP contribution in [0.25, 0.3) is 0 Å². The molecule has 0 aliphatic heterocycles. The van der Waals surface area contributed by atoms with Gasteiger partial charge in [-0.15, -0.1) is 0 Å². The third kappa shape index (κ3) is 3.18. The van der Waals surface area contributed by atoms with Crippen LogP contribution in [-0.2, 0) is 6.42 Å². The van der Waals surface area contributed by atoms with Crippen molar-refractivity contribution < 1.29 is 4.39 Å². The highest BCUT2D eigenvalue weighted by Gasteiger charge is 2.15. The van der Waals surface area contributed by atoms with Gasteiger partial charge in [0.05, 0.1) is 11.7 Å². The lowest BCUT2D eigenvalue weighted by molar-refractivity contribution is 0.516. The Bertz CT molecular complexity index is 566. The second-order valence-corrected chi connectivity index (χ2v) is 4.83. The molecule has 0 saturated carbocycles. The van der Waals surface area contributed by atoms with Gasteiger partial charge in [0.2, 0.25) is 0 Å². The van der Waals surface area contributed by atoms with Crippen molar-refractivity contribution in [2.24, 2.45) is 0 Å². The number of aryl methyl sites for hydroxylation is 2. The normalized spacial score (nSPS) is 12.4. The smallest absolute Gasteiger partial charge is 0.146 e. The number of hydrogen-bond donors (Lipinski definition) is 1. The molecule has 0 radical (unpaired) electrons. The summed E-state index contributed by atoms with van der Waals surface area (Å²) in [5.74, 6) is -0.259. The first kappa shape index (κ1) is 13.7. The molecule has 19 heavy (non-hydrogen) atoms. The van der Waals surface area contributed by atoms with Crippen molar-refractivity contribution in [2.75, 3.05) is 7.05 Å². The molecular formula is C16H19FN2. The summed E-state index contributed by atoms with van der Waals surface area (Å²) >= 11 is 0. The number of aromatic nitrogens is 1. The molecule has 0 spiro atoms. The Morgan fingerprint density at radius 3 is 2.63 bits per heavy atom. The van der Waals surface area contributed by atoms with Crippen LogP contribution < -0.4 is 5.32 Å². The van der Waals surface area contributed by atoms with E-state index in [1.165, 1.54) is 22.8 Å². The highest BCUT2D eigenvalue weighted by atomic mass is 19.1. The summed E-state index contributed by atoms with van der Waals surface area (Å²) in [4.78, 5) is 4.15. The first-order chi connectivity index (χ1) is 9.11. The SMILES string of the molecule is CNC(Cc1ccc(C)c(C)c1)c1ncccc1F. The second-order valence-electron chi connectivity index (χ2n) is 4.83. The Kier molecular flexibility index (Phi) is 4.27. The number of rotatable bonds is 4. The average Bonchev–Trinajstić information content (AvgIpc) is 2.41. The lowest BCUT2D eigenvalue weighted by Gasteiger charge is -2.17. The molecule has 2 rings (SSSR count). The molecule has 1 N–H and O–H groups in total. The van der Waals surface area contributed by atoms with E-state index in [0.29, 0.717) is 5.69 Å².